The van der Waals surface area contributed by atoms with Gasteiger partial charge in [-0.25, -0.2) is 8.42 Å². The van der Waals surface area contributed by atoms with Crippen LogP contribution in [0.4, 0.5) is 5.69 Å². The van der Waals surface area contributed by atoms with Gasteiger partial charge in [0.1, 0.15) is 6.04 Å². The van der Waals surface area contributed by atoms with Gasteiger partial charge < -0.3 is 4.90 Å². The average Bonchev–Trinajstić information content (AvgIpc) is 2.60. The highest BCUT2D eigenvalue weighted by Crippen LogP contribution is 2.27. The molecule has 0 bridgehead atoms. The van der Waals surface area contributed by atoms with Gasteiger partial charge in [0.2, 0.25) is 15.9 Å². The molecular weight excluding hydrogens is 348 g/mol. The first-order valence-electron chi connectivity index (χ1n) is 8.69. The zero-order chi connectivity index (χ0) is 19.1. The minimum absolute atomic E-state index is 0.199. The molecule has 6 heteroatoms. The van der Waals surface area contributed by atoms with Crippen molar-refractivity contribution in [3.8, 4) is 0 Å². The maximum Gasteiger partial charge on any atom is 0.245 e. The predicted octanol–water partition coefficient (Wildman–Crippen LogP) is 3.04. The van der Waals surface area contributed by atoms with Crippen molar-refractivity contribution in [2.45, 2.75) is 38.6 Å². The van der Waals surface area contributed by atoms with Crippen LogP contribution in [-0.4, -0.2) is 37.8 Å². The highest BCUT2D eigenvalue weighted by Gasteiger charge is 2.39. The second-order valence-corrected chi connectivity index (χ2v) is 8.75. The molecule has 1 amide bonds. The summed E-state index contributed by atoms with van der Waals surface area (Å²) in [6.07, 6.45) is 0. The number of carbonyl (C=O) groups is 1. The molecule has 2 aromatic rings. The quantitative estimate of drug-likeness (QED) is 0.832. The number of rotatable bonds is 3. The third-order valence-electron chi connectivity index (χ3n) is 5.03. The Bertz CT molecular complexity index is 936. The zero-order valence-corrected chi connectivity index (χ0v) is 16.4. The molecule has 1 atom stereocenters. The van der Waals surface area contributed by atoms with Crippen LogP contribution in [-0.2, 0) is 14.8 Å². The molecule has 2 aromatic carbocycles. The van der Waals surface area contributed by atoms with E-state index in [1.807, 2.05) is 39.0 Å². The summed E-state index contributed by atoms with van der Waals surface area (Å²) in [5.74, 6) is -0.199. The molecule has 138 valence electrons. The van der Waals surface area contributed by atoms with Crippen LogP contribution in [0, 0.1) is 20.8 Å². The van der Waals surface area contributed by atoms with Gasteiger partial charge in [0, 0.05) is 18.8 Å². The molecule has 1 fully saturated rings. The summed E-state index contributed by atoms with van der Waals surface area (Å²) in [4.78, 5) is 14.8. The van der Waals surface area contributed by atoms with Crippen molar-refractivity contribution in [3.63, 3.8) is 0 Å². The van der Waals surface area contributed by atoms with Crippen molar-refractivity contribution in [1.82, 2.24) is 4.31 Å². The second-order valence-electron chi connectivity index (χ2n) is 6.86. The van der Waals surface area contributed by atoms with Gasteiger partial charge in [0.25, 0.3) is 0 Å². The van der Waals surface area contributed by atoms with Gasteiger partial charge in [-0.15, -0.1) is 0 Å². The highest BCUT2D eigenvalue weighted by molar-refractivity contribution is 7.89. The lowest BCUT2D eigenvalue weighted by Gasteiger charge is -2.38. The maximum atomic E-state index is 13.0. The lowest BCUT2D eigenvalue weighted by atomic mass is 10.1. The lowest BCUT2D eigenvalue weighted by molar-refractivity contribution is -0.123. The van der Waals surface area contributed by atoms with Crippen molar-refractivity contribution in [3.05, 3.63) is 59.2 Å². The number of anilines is 1. The molecule has 0 radical (unpaired) electrons. The van der Waals surface area contributed by atoms with Gasteiger partial charge in [-0.2, -0.15) is 4.31 Å². The van der Waals surface area contributed by atoms with Crippen LogP contribution in [0.25, 0.3) is 0 Å². The Balaban J connectivity index is 1.87. The van der Waals surface area contributed by atoms with Crippen LogP contribution in [0.3, 0.4) is 0 Å². The number of hydrogen-bond donors (Lipinski definition) is 0. The van der Waals surface area contributed by atoms with Gasteiger partial charge in [-0.3, -0.25) is 4.79 Å². The fraction of sp³-hybridized carbons (Fsp3) is 0.350. The summed E-state index contributed by atoms with van der Waals surface area (Å²) in [7, 11) is -3.70. The van der Waals surface area contributed by atoms with Crippen LogP contribution >= 0.6 is 0 Å². The first-order valence-corrected chi connectivity index (χ1v) is 10.1. The summed E-state index contributed by atoms with van der Waals surface area (Å²) < 4.78 is 27.2. The number of hydrogen-bond acceptors (Lipinski definition) is 3. The van der Waals surface area contributed by atoms with E-state index in [9.17, 15) is 13.2 Å². The van der Waals surface area contributed by atoms with Crippen LogP contribution in [0.15, 0.2) is 47.4 Å². The molecule has 1 aliphatic rings. The first kappa shape index (κ1) is 18.6. The molecule has 1 aliphatic heterocycles. The summed E-state index contributed by atoms with van der Waals surface area (Å²) >= 11 is 0. The molecule has 0 spiro atoms. The summed E-state index contributed by atoms with van der Waals surface area (Å²) in [6, 6.07) is 11.9. The Kier molecular flexibility index (Phi) is 4.90. The fourth-order valence-corrected chi connectivity index (χ4v) is 4.75. The third-order valence-corrected chi connectivity index (χ3v) is 7.01. The largest absolute Gasteiger partial charge is 0.310 e. The number of aryl methyl sites for hydroxylation is 3. The topological polar surface area (TPSA) is 57.7 Å². The van der Waals surface area contributed by atoms with E-state index in [1.54, 1.807) is 36.1 Å². The van der Waals surface area contributed by atoms with Crippen molar-refractivity contribution in [2.75, 3.05) is 18.0 Å². The van der Waals surface area contributed by atoms with Crippen molar-refractivity contribution >= 4 is 21.6 Å². The third kappa shape index (κ3) is 3.27. The number of piperazine rings is 1. The Hall–Kier alpha value is -2.18. The van der Waals surface area contributed by atoms with E-state index >= 15 is 0 Å². The van der Waals surface area contributed by atoms with Gasteiger partial charge in [0.05, 0.1) is 4.90 Å². The Morgan fingerprint density at radius 1 is 0.923 bits per heavy atom. The van der Waals surface area contributed by atoms with E-state index in [-0.39, 0.29) is 17.3 Å². The highest BCUT2D eigenvalue weighted by atomic mass is 32.2. The van der Waals surface area contributed by atoms with E-state index in [4.69, 9.17) is 0 Å². The van der Waals surface area contributed by atoms with E-state index < -0.39 is 16.1 Å². The van der Waals surface area contributed by atoms with Gasteiger partial charge in [-0.05, 0) is 63.1 Å². The molecule has 0 N–H and O–H groups in total. The molecule has 1 unspecified atom stereocenters. The first-order chi connectivity index (χ1) is 12.2. The van der Waals surface area contributed by atoms with Gasteiger partial charge in [0.15, 0.2) is 0 Å². The summed E-state index contributed by atoms with van der Waals surface area (Å²) in [5, 5.41) is 0. The fourth-order valence-electron chi connectivity index (χ4n) is 3.17. The second kappa shape index (κ2) is 6.85. The molecule has 0 aliphatic carbocycles. The molecule has 3 rings (SSSR count). The van der Waals surface area contributed by atoms with Crippen LogP contribution in [0.2, 0.25) is 0 Å². The Labute approximate surface area is 155 Å². The lowest BCUT2D eigenvalue weighted by Crippen LogP contribution is -2.57. The van der Waals surface area contributed by atoms with Crippen LogP contribution < -0.4 is 4.90 Å². The van der Waals surface area contributed by atoms with Gasteiger partial charge in [-0.1, -0.05) is 23.8 Å². The Morgan fingerprint density at radius 2 is 1.58 bits per heavy atom. The number of benzene rings is 2. The standard InChI is InChI=1S/C20H24N2O3S/c1-14-5-9-19(10-6-14)26(24,25)22-12-11-21(20(23)17(22)4)18-8-7-15(2)16(3)13-18/h5-10,13,17H,11-12H2,1-4H3. The molecular formula is C20H24N2O3S. The number of sulfonamides is 1. The molecule has 26 heavy (non-hydrogen) atoms. The van der Waals surface area contributed by atoms with Crippen LogP contribution in [0.1, 0.15) is 23.6 Å². The van der Waals surface area contributed by atoms with E-state index in [1.165, 1.54) is 4.31 Å². The molecule has 1 saturated heterocycles. The molecule has 1 heterocycles. The minimum atomic E-state index is -3.70. The number of nitrogens with zero attached hydrogens (tertiary/aromatic N) is 2. The van der Waals surface area contributed by atoms with Crippen molar-refractivity contribution < 1.29 is 13.2 Å². The molecule has 0 aromatic heterocycles. The summed E-state index contributed by atoms with van der Waals surface area (Å²) in [5.41, 5.74) is 4.08. The Morgan fingerprint density at radius 3 is 2.19 bits per heavy atom. The van der Waals surface area contributed by atoms with Crippen LogP contribution in [0.5, 0.6) is 0 Å². The molecule has 0 saturated carbocycles. The number of amides is 1. The average molecular weight is 372 g/mol. The zero-order valence-electron chi connectivity index (χ0n) is 15.6. The smallest absolute Gasteiger partial charge is 0.245 e. The normalized spacial score (nSPS) is 19.0. The van der Waals surface area contributed by atoms with E-state index in [0.29, 0.717) is 6.54 Å². The maximum absolute atomic E-state index is 13.0. The van der Waals surface area contributed by atoms with E-state index in [0.717, 1.165) is 22.4 Å². The monoisotopic (exact) mass is 372 g/mol. The van der Waals surface area contributed by atoms with E-state index in [2.05, 4.69) is 0 Å². The van der Waals surface area contributed by atoms with Crippen molar-refractivity contribution in [2.24, 2.45) is 0 Å². The number of carbonyl (C=O) groups excluding carboxylic acids is 1. The molecule has 5 nitrogen and oxygen atoms in total. The van der Waals surface area contributed by atoms with Gasteiger partial charge >= 0.3 is 0 Å². The minimum Gasteiger partial charge on any atom is -0.310 e. The summed E-state index contributed by atoms with van der Waals surface area (Å²) in [6.45, 7) is 8.21. The predicted molar refractivity (Wildman–Crippen MR) is 103 cm³/mol. The van der Waals surface area contributed by atoms with Crippen molar-refractivity contribution in [1.29, 1.82) is 0 Å². The SMILES string of the molecule is Cc1ccc(S(=O)(=O)N2CCN(c3ccc(C)c(C)c3)C(=O)C2C)cc1.